The van der Waals surface area contributed by atoms with Gasteiger partial charge < -0.3 is 10.5 Å². The molecule has 0 bridgehead atoms. The molecule has 0 spiro atoms. The van der Waals surface area contributed by atoms with Crippen LogP contribution in [-0.2, 0) is 9.53 Å². The Kier molecular flexibility index (Phi) is 2.66. The van der Waals surface area contributed by atoms with E-state index in [9.17, 15) is 4.79 Å². The van der Waals surface area contributed by atoms with Crippen LogP contribution < -0.4 is 11.1 Å². The van der Waals surface area contributed by atoms with Gasteiger partial charge in [0, 0.05) is 17.6 Å². The third-order valence-corrected chi connectivity index (χ3v) is 2.50. The second-order valence-corrected chi connectivity index (χ2v) is 3.70. The first-order chi connectivity index (χ1) is 6.77. The van der Waals surface area contributed by atoms with Crippen LogP contribution in [0.2, 0.25) is 0 Å². The Morgan fingerprint density at radius 2 is 2.50 bits per heavy atom. The predicted molar refractivity (Wildman–Crippen MR) is 48.6 cm³/mol. The van der Waals surface area contributed by atoms with Crippen molar-refractivity contribution in [2.75, 3.05) is 18.5 Å². The van der Waals surface area contributed by atoms with E-state index in [-0.39, 0.29) is 17.9 Å². The highest BCUT2D eigenvalue weighted by molar-refractivity contribution is 7.09. The van der Waals surface area contributed by atoms with Gasteiger partial charge in [-0.2, -0.15) is 0 Å². The molecular weight excluding hydrogens is 206 g/mol. The van der Waals surface area contributed by atoms with Crippen molar-refractivity contribution in [2.24, 2.45) is 11.7 Å². The molecule has 7 nitrogen and oxygen atoms in total. The number of carbonyl (C=O) groups is 1. The zero-order valence-electron chi connectivity index (χ0n) is 7.21. The van der Waals surface area contributed by atoms with Crippen LogP contribution in [0.25, 0.3) is 0 Å². The summed E-state index contributed by atoms with van der Waals surface area (Å²) in [6.07, 6.45) is 0. The molecule has 76 valence electrons. The fraction of sp³-hybridized carbons (Fsp3) is 0.667. The number of nitrogens with one attached hydrogen (secondary N) is 1. The molecule has 1 aromatic rings. The van der Waals surface area contributed by atoms with Gasteiger partial charge in [0.05, 0.1) is 19.1 Å². The molecular formula is C6H9N5O2S. The standard InChI is InChI=1S/C6H9N5O2S/c7-4-2-13-1-3(4)5(12)8-6-9-10-11-14-6/h3-4H,1-2,7H2,(H,8,9,11,12). The Morgan fingerprint density at radius 1 is 1.64 bits per heavy atom. The molecule has 1 saturated heterocycles. The molecule has 1 aromatic heterocycles. The largest absolute Gasteiger partial charge is 0.379 e. The quantitative estimate of drug-likeness (QED) is 0.645. The van der Waals surface area contributed by atoms with Gasteiger partial charge in [-0.1, -0.05) is 9.59 Å². The van der Waals surface area contributed by atoms with Crippen LogP contribution in [0.5, 0.6) is 0 Å². The smallest absolute Gasteiger partial charge is 0.233 e. The number of aromatic nitrogens is 3. The number of carbonyl (C=O) groups excluding carboxylic acids is 1. The molecule has 1 fully saturated rings. The Balaban J connectivity index is 1.95. The van der Waals surface area contributed by atoms with Crippen molar-refractivity contribution in [1.29, 1.82) is 0 Å². The number of hydrogen-bond donors (Lipinski definition) is 2. The molecule has 0 aliphatic carbocycles. The summed E-state index contributed by atoms with van der Waals surface area (Å²) < 4.78 is 8.60. The fourth-order valence-corrected chi connectivity index (χ4v) is 1.59. The highest BCUT2D eigenvalue weighted by Crippen LogP contribution is 2.14. The third-order valence-electron chi connectivity index (χ3n) is 1.99. The number of rotatable bonds is 2. The first-order valence-electron chi connectivity index (χ1n) is 4.06. The highest BCUT2D eigenvalue weighted by atomic mass is 32.1. The number of anilines is 1. The van der Waals surface area contributed by atoms with Crippen LogP contribution in [0, 0.1) is 5.92 Å². The maximum absolute atomic E-state index is 11.6. The minimum atomic E-state index is -0.307. The molecule has 8 heteroatoms. The van der Waals surface area contributed by atoms with Crippen LogP contribution in [0.1, 0.15) is 0 Å². The lowest BCUT2D eigenvalue weighted by Crippen LogP contribution is -2.37. The maximum Gasteiger partial charge on any atom is 0.233 e. The molecule has 0 aromatic carbocycles. The number of nitrogens with two attached hydrogens (primary N) is 1. The summed E-state index contributed by atoms with van der Waals surface area (Å²) in [5, 5.41) is 9.92. The molecule has 2 unspecified atom stereocenters. The molecule has 0 radical (unpaired) electrons. The van der Waals surface area contributed by atoms with Crippen molar-refractivity contribution in [1.82, 2.24) is 14.8 Å². The summed E-state index contributed by atoms with van der Waals surface area (Å²) in [5.74, 6) is -0.493. The van der Waals surface area contributed by atoms with Gasteiger partial charge in [-0.3, -0.25) is 10.1 Å². The van der Waals surface area contributed by atoms with Crippen LogP contribution in [0.4, 0.5) is 5.13 Å². The van der Waals surface area contributed by atoms with Gasteiger partial charge in [0.1, 0.15) is 0 Å². The first-order valence-corrected chi connectivity index (χ1v) is 4.84. The summed E-state index contributed by atoms with van der Waals surface area (Å²) in [5.41, 5.74) is 5.67. The van der Waals surface area contributed by atoms with Crippen molar-refractivity contribution in [3.63, 3.8) is 0 Å². The number of nitrogens with zero attached hydrogens (tertiary/aromatic N) is 3. The van der Waals surface area contributed by atoms with Crippen LogP contribution >= 0.6 is 11.5 Å². The minimum Gasteiger partial charge on any atom is -0.379 e. The molecule has 2 heterocycles. The molecule has 1 aliphatic heterocycles. The number of ether oxygens (including phenoxy) is 1. The minimum absolute atomic E-state index is 0.187. The van der Waals surface area contributed by atoms with E-state index in [0.717, 1.165) is 11.5 Å². The fourth-order valence-electron chi connectivity index (χ4n) is 1.22. The number of amides is 1. The summed E-state index contributed by atoms with van der Waals surface area (Å²) in [6.45, 7) is 0.783. The van der Waals surface area contributed by atoms with Crippen molar-refractivity contribution < 1.29 is 9.53 Å². The molecule has 3 N–H and O–H groups in total. The van der Waals surface area contributed by atoms with Crippen LogP contribution in [0.15, 0.2) is 0 Å². The molecule has 1 aliphatic rings. The Bertz CT molecular complexity index is 316. The lowest BCUT2D eigenvalue weighted by atomic mass is 10.0. The van der Waals surface area contributed by atoms with Crippen LogP contribution in [0.3, 0.4) is 0 Å². The number of hydrogen-bond acceptors (Lipinski definition) is 7. The van der Waals surface area contributed by atoms with E-state index in [2.05, 4.69) is 20.1 Å². The van der Waals surface area contributed by atoms with Crippen molar-refractivity contribution in [3.05, 3.63) is 0 Å². The van der Waals surface area contributed by atoms with Gasteiger partial charge in [0.2, 0.25) is 11.0 Å². The Morgan fingerprint density at radius 3 is 3.07 bits per heavy atom. The first kappa shape index (κ1) is 9.44. The monoisotopic (exact) mass is 215 g/mol. The molecule has 2 atom stereocenters. The molecule has 14 heavy (non-hydrogen) atoms. The lowest BCUT2D eigenvalue weighted by Gasteiger charge is -2.10. The van der Waals surface area contributed by atoms with Gasteiger partial charge >= 0.3 is 0 Å². The topological polar surface area (TPSA) is 103 Å². The molecule has 0 saturated carbocycles. The highest BCUT2D eigenvalue weighted by Gasteiger charge is 2.31. The Labute approximate surface area is 83.8 Å². The second-order valence-electron chi connectivity index (χ2n) is 2.96. The summed E-state index contributed by atoms with van der Waals surface area (Å²) in [6, 6.07) is -0.240. The van der Waals surface area contributed by atoms with E-state index in [1.165, 1.54) is 0 Å². The van der Waals surface area contributed by atoms with Gasteiger partial charge in [-0.25, -0.2) is 0 Å². The van der Waals surface area contributed by atoms with E-state index >= 15 is 0 Å². The van der Waals surface area contributed by atoms with E-state index in [1.54, 1.807) is 0 Å². The van der Waals surface area contributed by atoms with Gasteiger partial charge in [0.25, 0.3) is 0 Å². The summed E-state index contributed by atoms with van der Waals surface area (Å²) in [7, 11) is 0. The second kappa shape index (κ2) is 3.95. The van der Waals surface area contributed by atoms with Gasteiger partial charge in [0.15, 0.2) is 0 Å². The maximum atomic E-state index is 11.6. The van der Waals surface area contributed by atoms with E-state index in [0.29, 0.717) is 18.3 Å². The lowest BCUT2D eigenvalue weighted by molar-refractivity contribution is -0.120. The van der Waals surface area contributed by atoms with E-state index in [1.807, 2.05) is 0 Å². The van der Waals surface area contributed by atoms with Crippen molar-refractivity contribution >= 4 is 22.6 Å². The van der Waals surface area contributed by atoms with Crippen LogP contribution in [-0.4, -0.2) is 40.0 Å². The predicted octanol–water partition coefficient (Wildman–Crippen LogP) is -1.15. The zero-order chi connectivity index (χ0) is 9.97. The average Bonchev–Trinajstić information content (AvgIpc) is 2.75. The van der Waals surface area contributed by atoms with Crippen molar-refractivity contribution in [2.45, 2.75) is 6.04 Å². The van der Waals surface area contributed by atoms with Crippen molar-refractivity contribution in [3.8, 4) is 0 Å². The van der Waals surface area contributed by atoms with Gasteiger partial charge in [-0.15, -0.1) is 0 Å². The van der Waals surface area contributed by atoms with E-state index in [4.69, 9.17) is 10.5 Å². The zero-order valence-corrected chi connectivity index (χ0v) is 8.03. The Hall–Kier alpha value is -1.12. The molecule has 1 amide bonds. The SMILES string of the molecule is NC1COCC1C(=O)Nc1nnns1. The molecule has 2 rings (SSSR count). The summed E-state index contributed by atoms with van der Waals surface area (Å²) in [4.78, 5) is 11.6. The van der Waals surface area contributed by atoms with E-state index < -0.39 is 0 Å². The third kappa shape index (κ3) is 1.86. The van der Waals surface area contributed by atoms with Gasteiger partial charge in [-0.05, 0) is 5.21 Å². The summed E-state index contributed by atoms with van der Waals surface area (Å²) >= 11 is 1.03. The normalized spacial score (nSPS) is 26.4. The average molecular weight is 215 g/mol.